The van der Waals surface area contributed by atoms with Gasteiger partial charge in [0.25, 0.3) is 11.8 Å². The molecule has 3 aliphatic heterocycles. The number of piperidine rings is 1. The zero-order chi connectivity index (χ0) is 20.8. The summed E-state index contributed by atoms with van der Waals surface area (Å²) in [6.45, 7) is 0.943. The molecular formula is C22H25N5O3. The molecule has 1 aromatic rings. The van der Waals surface area contributed by atoms with E-state index in [9.17, 15) is 14.7 Å². The fraction of sp³-hybridized carbons (Fsp3) is 0.500. The molecule has 2 unspecified atom stereocenters. The molecule has 8 heteroatoms. The van der Waals surface area contributed by atoms with Gasteiger partial charge in [0.1, 0.15) is 11.8 Å². The molecule has 5 rings (SSSR count). The summed E-state index contributed by atoms with van der Waals surface area (Å²) in [5.41, 5.74) is 1.23. The lowest BCUT2D eigenvalue weighted by atomic mass is 9.90. The predicted molar refractivity (Wildman–Crippen MR) is 111 cm³/mol. The van der Waals surface area contributed by atoms with Crippen molar-refractivity contribution in [3.05, 3.63) is 34.8 Å². The van der Waals surface area contributed by atoms with Crippen LogP contribution in [0.1, 0.15) is 25.7 Å². The molecule has 1 N–H and O–H groups in total. The third kappa shape index (κ3) is 3.15. The number of para-hydroxylation sites is 1. The van der Waals surface area contributed by atoms with Crippen molar-refractivity contribution >= 4 is 29.3 Å². The zero-order valence-corrected chi connectivity index (χ0v) is 16.9. The topological polar surface area (TPSA) is 97.9 Å². The van der Waals surface area contributed by atoms with Crippen LogP contribution >= 0.6 is 0 Å². The Hall–Kier alpha value is -2.87. The number of likely N-dealkylation sites (tertiary alicyclic amines) is 1. The first-order valence-electron chi connectivity index (χ1n) is 10.6. The van der Waals surface area contributed by atoms with Gasteiger partial charge in [-0.3, -0.25) is 14.6 Å². The molecule has 0 aromatic heterocycles. The van der Waals surface area contributed by atoms with Crippen LogP contribution in [0, 0.1) is 5.92 Å². The normalized spacial score (nSPS) is 29.3. The van der Waals surface area contributed by atoms with E-state index in [0.717, 1.165) is 29.1 Å². The van der Waals surface area contributed by atoms with Crippen molar-refractivity contribution in [1.82, 2.24) is 9.80 Å². The largest absolute Gasteiger partial charge is 0.391 e. The van der Waals surface area contributed by atoms with Crippen molar-refractivity contribution in [2.75, 3.05) is 20.1 Å². The minimum Gasteiger partial charge on any atom is -0.391 e. The number of rotatable bonds is 3. The third-order valence-corrected chi connectivity index (χ3v) is 6.66. The van der Waals surface area contributed by atoms with Gasteiger partial charge in [0.05, 0.1) is 29.1 Å². The summed E-state index contributed by atoms with van der Waals surface area (Å²) in [4.78, 5) is 34.1. The number of likely N-dealkylation sites (N-methyl/N-ethyl adjacent to an activating group) is 1. The molecule has 1 aliphatic carbocycles. The number of aliphatic hydroxyl groups excluding tert-OH is 1. The van der Waals surface area contributed by atoms with Crippen molar-refractivity contribution < 1.29 is 14.7 Å². The maximum absolute atomic E-state index is 13.1. The van der Waals surface area contributed by atoms with Crippen LogP contribution in [-0.4, -0.2) is 76.5 Å². The first-order valence-corrected chi connectivity index (χ1v) is 10.6. The average molecular weight is 407 g/mol. The Morgan fingerprint density at radius 3 is 2.80 bits per heavy atom. The molecule has 1 saturated carbocycles. The Kier molecular flexibility index (Phi) is 4.73. The van der Waals surface area contributed by atoms with Crippen molar-refractivity contribution in [2.45, 2.75) is 43.9 Å². The molecular weight excluding hydrogens is 382 g/mol. The highest BCUT2D eigenvalue weighted by Gasteiger charge is 2.42. The molecule has 0 radical (unpaired) electrons. The Balaban J connectivity index is 1.30. The molecule has 1 saturated heterocycles. The summed E-state index contributed by atoms with van der Waals surface area (Å²) >= 11 is 0. The molecule has 4 aliphatic rings. The minimum absolute atomic E-state index is 0.0523. The van der Waals surface area contributed by atoms with Crippen molar-refractivity contribution in [1.29, 1.82) is 0 Å². The lowest BCUT2D eigenvalue weighted by Crippen LogP contribution is -2.52. The van der Waals surface area contributed by atoms with E-state index < -0.39 is 12.1 Å². The maximum atomic E-state index is 13.1. The van der Waals surface area contributed by atoms with Gasteiger partial charge in [0, 0.05) is 26.6 Å². The molecule has 4 atom stereocenters. The maximum Gasteiger partial charge on any atom is 0.270 e. The van der Waals surface area contributed by atoms with Gasteiger partial charge in [-0.1, -0.05) is 18.2 Å². The van der Waals surface area contributed by atoms with Crippen molar-refractivity contribution in [3.8, 4) is 0 Å². The molecule has 2 amide bonds. The standard InChI is InChI=1S/C22H25N5O3/c1-26(18-7-4-8-19(18)28)22(30)20-14-12-27(10-9-16(14)24-25-20)21(29)17-11-13-5-2-3-6-15(13)23-17/h2-3,5-6,11,14,17-19,28H,4,7-10,12H2,1H3/t14?,17?,18-,19-/m0/s1. The molecule has 30 heavy (non-hydrogen) atoms. The quantitative estimate of drug-likeness (QED) is 0.731. The van der Waals surface area contributed by atoms with Gasteiger partial charge in [-0.2, -0.15) is 5.10 Å². The van der Waals surface area contributed by atoms with Gasteiger partial charge in [0.15, 0.2) is 0 Å². The fourth-order valence-corrected chi connectivity index (χ4v) is 4.91. The summed E-state index contributed by atoms with van der Waals surface area (Å²) in [6.07, 6.45) is 4.42. The van der Waals surface area contributed by atoms with Gasteiger partial charge >= 0.3 is 0 Å². The summed E-state index contributed by atoms with van der Waals surface area (Å²) in [7, 11) is 1.72. The van der Waals surface area contributed by atoms with Crippen LogP contribution in [0.3, 0.4) is 0 Å². The van der Waals surface area contributed by atoms with Crippen LogP contribution in [0.5, 0.6) is 0 Å². The number of carbonyl (C=O) groups is 2. The second-order valence-electron chi connectivity index (χ2n) is 8.44. The van der Waals surface area contributed by atoms with E-state index >= 15 is 0 Å². The van der Waals surface area contributed by atoms with E-state index in [1.807, 2.05) is 30.3 Å². The highest BCUT2D eigenvalue weighted by atomic mass is 16.3. The van der Waals surface area contributed by atoms with Gasteiger partial charge in [-0.25, -0.2) is 0 Å². The number of fused-ring (bicyclic) bond motifs is 2. The number of benzene rings is 1. The van der Waals surface area contributed by atoms with Gasteiger partial charge in [0.2, 0.25) is 0 Å². The first kappa shape index (κ1) is 19.1. The van der Waals surface area contributed by atoms with E-state index in [2.05, 4.69) is 15.2 Å². The van der Waals surface area contributed by atoms with E-state index in [-0.39, 0.29) is 23.8 Å². The Morgan fingerprint density at radius 1 is 1.20 bits per heavy atom. The van der Waals surface area contributed by atoms with E-state index in [1.165, 1.54) is 0 Å². The number of aliphatic hydroxyl groups is 1. The van der Waals surface area contributed by atoms with Crippen molar-refractivity contribution in [3.63, 3.8) is 0 Å². The molecule has 8 nitrogen and oxygen atoms in total. The molecule has 3 heterocycles. The first-order chi connectivity index (χ1) is 14.5. The van der Waals surface area contributed by atoms with Gasteiger partial charge < -0.3 is 14.9 Å². The molecule has 1 aromatic carbocycles. The number of hydrogen-bond acceptors (Lipinski definition) is 6. The van der Waals surface area contributed by atoms with Crippen LogP contribution in [0.2, 0.25) is 0 Å². The summed E-state index contributed by atoms with van der Waals surface area (Å²) in [5, 5.41) is 20.4. The average Bonchev–Trinajstić information content (AvgIpc) is 3.49. The molecule has 156 valence electrons. The Bertz CT molecular complexity index is 1040. The minimum atomic E-state index is -0.519. The zero-order valence-electron chi connectivity index (χ0n) is 16.9. The lowest BCUT2D eigenvalue weighted by Gasteiger charge is -2.34. The van der Waals surface area contributed by atoms with Crippen LogP contribution in [0.25, 0.3) is 6.08 Å². The highest BCUT2D eigenvalue weighted by molar-refractivity contribution is 6.44. The summed E-state index contributed by atoms with van der Waals surface area (Å²) in [6, 6.07) is 7.02. The fourth-order valence-electron chi connectivity index (χ4n) is 4.91. The number of amides is 2. The highest BCUT2D eigenvalue weighted by Crippen LogP contribution is 2.27. The van der Waals surface area contributed by atoms with E-state index in [0.29, 0.717) is 31.6 Å². The SMILES string of the molecule is CN(C(=O)C1=NN=C2CCN(C(=O)C3C=c4ccccc4=N3)CC21)[C@H]1CCC[C@@H]1O. The molecule has 0 bridgehead atoms. The van der Waals surface area contributed by atoms with E-state index in [1.54, 1.807) is 16.8 Å². The second-order valence-corrected chi connectivity index (χ2v) is 8.44. The number of carbonyl (C=O) groups excluding carboxylic acids is 2. The van der Waals surface area contributed by atoms with Crippen LogP contribution in [0.15, 0.2) is 39.5 Å². The van der Waals surface area contributed by atoms with Crippen LogP contribution in [-0.2, 0) is 9.59 Å². The van der Waals surface area contributed by atoms with Crippen LogP contribution < -0.4 is 10.6 Å². The number of hydrogen-bond donors (Lipinski definition) is 1. The smallest absolute Gasteiger partial charge is 0.270 e. The van der Waals surface area contributed by atoms with E-state index in [4.69, 9.17) is 0 Å². The lowest BCUT2D eigenvalue weighted by molar-refractivity contribution is -0.132. The van der Waals surface area contributed by atoms with Crippen molar-refractivity contribution in [2.24, 2.45) is 21.1 Å². The van der Waals surface area contributed by atoms with Gasteiger partial charge in [-0.05, 0) is 36.6 Å². The monoisotopic (exact) mass is 407 g/mol. The molecule has 2 fully saturated rings. The molecule has 0 spiro atoms. The number of nitrogens with zero attached hydrogens (tertiary/aromatic N) is 5. The Labute approximate surface area is 174 Å². The Morgan fingerprint density at radius 2 is 2.03 bits per heavy atom. The predicted octanol–water partition coefficient (Wildman–Crippen LogP) is -0.500. The second kappa shape index (κ2) is 7.43. The summed E-state index contributed by atoms with van der Waals surface area (Å²) < 4.78 is 0. The van der Waals surface area contributed by atoms with Gasteiger partial charge in [-0.15, -0.1) is 5.10 Å². The van der Waals surface area contributed by atoms with Crippen LogP contribution in [0.4, 0.5) is 0 Å². The third-order valence-electron chi connectivity index (χ3n) is 6.66. The summed E-state index contributed by atoms with van der Waals surface area (Å²) in [5.74, 6) is -0.535.